The summed E-state index contributed by atoms with van der Waals surface area (Å²) in [6.45, 7) is 9.33. The van der Waals surface area contributed by atoms with E-state index in [0.717, 1.165) is 51.5 Å². The number of oxime groups is 2. The Morgan fingerprint density at radius 1 is 1.03 bits per heavy atom. The third-order valence-corrected chi connectivity index (χ3v) is 11.3. The van der Waals surface area contributed by atoms with E-state index in [1.165, 1.54) is 25.0 Å². The monoisotopic (exact) mass is 518 g/mol. The molecule has 0 bridgehead atoms. The fourth-order valence-corrected chi connectivity index (χ4v) is 8.39. The lowest BCUT2D eigenvalue weighted by Crippen LogP contribution is -2.62. The third kappa shape index (κ3) is 5.60. The largest absolute Gasteiger partial charge is 0.396 e. The molecule has 7 heteroatoms. The lowest BCUT2D eigenvalue weighted by molar-refractivity contribution is -0.198. The molecule has 0 amide bonds. The Bertz CT molecular complexity index is 832. The van der Waals surface area contributed by atoms with E-state index in [1.807, 2.05) is 6.21 Å². The van der Waals surface area contributed by atoms with Crippen LogP contribution >= 0.6 is 0 Å². The van der Waals surface area contributed by atoms with Crippen molar-refractivity contribution in [1.82, 2.24) is 9.80 Å². The average Bonchev–Trinajstić information content (AvgIpc) is 3.11. The van der Waals surface area contributed by atoms with Gasteiger partial charge in [0.05, 0.1) is 11.3 Å². The number of rotatable bonds is 10. The van der Waals surface area contributed by atoms with Crippen LogP contribution in [0, 0.1) is 34.5 Å². The molecule has 4 aliphatic rings. The van der Waals surface area contributed by atoms with Gasteiger partial charge < -0.3 is 24.6 Å². The smallest absolute Gasteiger partial charge is 0.132 e. The number of nitrogens with zero attached hydrogens (tertiary/aromatic N) is 4. The van der Waals surface area contributed by atoms with Crippen molar-refractivity contribution in [1.29, 1.82) is 0 Å². The molecule has 7 nitrogen and oxygen atoms in total. The van der Waals surface area contributed by atoms with E-state index in [2.05, 4.69) is 69.1 Å². The van der Waals surface area contributed by atoms with Crippen molar-refractivity contribution in [3.8, 4) is 0 Å². The standard InChI is InChI=1S/C30H54N4O3/c1-22(34(6)7)21-37-31-20-24-11-16-30(35)27-10-9-23-19-25(32-36-18-8-17-33(4)5)12-14-28(23,2)26(27)13-15-29(24,30)3/h20,22-24,26-27,35H,8-19,21H2,1-7H3/t22?,23?,24?,26-,27-,28+,29-,30-/m1/s1. The molecule has 0 aromatic carbocycles. The minimum absolute atomic E-state index is 0.112. The maximum atomic E-state index is 12.4. The highest BCUT2D eigenvalue weighted by atomic mass is 16.6. The van der Waals surface area contributed by atoms with E-state index in [-0.39, 0.29) is 11.3 Å². The van der Waals surface area contributed by atoms with Crippen molar-refractivity contribution in [3.05, 3.63) is 0 Å². The van der Waals surface area contributed by atoms with Crippen molar-refractivity contribution in [2.24, 2.45) is 44.8 Å². The van der Waals surface area contributed by atoms with Crippen molar-refractivity contribution in [2.45, 2.75) is 96.6 Å². The first-order valence-electron chi connectivity index (χ1n) is 14.9. The van der Waals surface area contributed by atoms with E-state index in [1.54, 1.807) is 0 Å². The number of hydrogen-bond acceptors (Lipinski definition) is 7. The van der Waals surface area contributed by atoms with Crippen LogP contribution < -0.4 is 0 Å². The van der Waals surface area contributed by atoms with Crippen LogP contribution in [0.1, 0.15) is 85.0 Å². The number of fused-ring (bicyclic) bond motifs is 5. The molecular weight excluding hydrogens is 464 g/mol. The number of hydrogen-bond donors (Lipinski definition) is 1. The van der Waals surface area contributed by atoms with Crippen molar-refractivity contribution in [2.75, 3.05) is 47.9 Å². The first-order valence-corrected chi connectivity index (χ1v) is 14.9. The number of aliphatic hydroxyl groups is 1. The second kappa shape index (κ2) is 11.5. The fourth-order valence-electron chi connectivity index (χ4n) is 8.39. The average molecular weight is 519 g/mol. The number of likely N-dealkylation sites (N-methyl/N-ethyl adjacent to an activating group) is 1. The molecule has 4 saturated carbocycles. The van der Waals surface area contributed by atoms with Crippen LogP contribution in [0.2, 0.25) is 0 Å². The predicted octanol–water partition coefficient (Wildman–Crippen LogP) is 5.04. The summed E-state index contributed by atoms with van der Waals surface area (Å²) in [6, 6.07) is 0.329. The molecule has 3 unspecified atom stereocenters. The molecule has 0 aromatic rings. The zero-order valence-electron chi connectivity index (χ0n) is 24.7. The van der Waals surface area contributed by atoms with Crippen molar-refractivity contribution >= 4 is 11.9 Å². The molecule has 0 radical (unpaired) electrons. The molecule has 0 spiro atoms. The van der Waals surface area contributed by atoms with Crippen molar-refractivity contribution in [3.63, 3.8) is 0 Å². The van der Waals surface area contributed by atoms with E-state index in [9.17, 15) is 5.11 Å². The van der Waals surface area contributed by atoms with E-state index in [4.69, 9.17) is 9.68 Å². The quantitative estimate of drug-likeness (QED) is 0.249. The highest BCUT2D eigenvalue weighted by Gasteiger charge is 2.66. The van der Waals surface area contributed by atoms with Gasteiger partial charge in [-0.15, -0.1) is 0 Å². The second-order valence-electron chi connectivity index (χ2n) is 13.7. The highest BCUT2D eigenvalue weighted by molar-refractivity contribution is 5.85. The molecule has 1 N–H and O–H groups in total. The second-order valence-corrected chi connectivity index (χ2v) is 13.7. The Balaban J connectivity index is 1.38. The maximum absolute atomic E-state index is 12.4. The van der Waals surface area contributed by atoms with Gasteiger partial charge in [0.2, 0.25) is 0 Å². The molecule has 0 aromatic heterocycles. The van der Waals surface area contributed by atoms with Gasteiger partial charge in [-0.3, -0.25) is 0 Å². The van der Waals surface area contributed by atoms with Crippen LogP contribution in [-0.4, -0.2) is 86.4 Å². The van der Waals surface area contributed by atoms with E-state index in [0.29, 0.717) is 42.4 Å². The predicted molar refractivity (Wildman–Crippen MR) is 151 cm³/mol. The van der Waals surface area contributed by atoms with Crippen molar-refractivity contribution < 1.29 is 14.8 Å². The summed E-state index contributed by atoms with van der Waals surface area (Å²) in [4.78, 5) is 15.7. The minimum atomic E-state index is -0.596. The molecule has 0 saturated heterocycles. The highest BCUT2D eigenvalue weighted by Crippen LogP contribution is 2.68. The minimum Gasteiger partial charge on any atom is -0.396 e. The molecule has 4 rings (SSSR count). The summed E-state index contributed by atoms with van der Waals surface area (Å²) >= 11 is 0. The van der Waals surface area contributed by atoms with Gasteiger partial charge in [0.1, 0.15) is 13.2 Å². The summed E-state index contributed by atoms with van der Waals surface area (Å²) in [5, 5.41) is 21.3. The van der Waals surface area contributed by atoms with Gasteiger partial charge in [0.25, 0.3) is 0 Å². The summed E-state index contributed by atoms with van der Waals surface area (Å²) in [5.74, 6) is 1.93. The topological polar surface area (TPSA) is 69.9 Å². The molecule has 212 valence electrons. The SMILES string of the molecule is CC(CON=CC1CC[C@@]2(O)[C@@H]3CCC4CC(=NOCCCN(C)C)CC[C@]4(C)[C@@H]3CC[C@]12C)N(C)C. The first kappa shape index (κ1) is 28.8. The van der Waals surface area contributed by atoms with Gasteiger partial charge >= 0.3 is 0 Å². The Hall–Kier alpha value is -1.18. The van der Waals surface area contributed by atoms with Gasteiger partial charge in [0.15, 0.2) is 0 Å². The molecular formula is C30H54N4O3. The first-order chi connectivity index (χ1) is 17.5. The van der Waals surface area contributed by atoms with Gasteiger partial charge in [-0.05, 0) is 122 Å². The Morgan fingerprint density at radius 3 is 2.54 bits per heavy atom. The van der Waals surface area contributed by atoms with Gasteiger partial charge in [-0.1, -0.05) is 24.2 Å². The molecule has 0 aliphatic heterocycles. The van der Waals surface area contributed by atoms with Gasteiger partial charge in [-0.2, -0.15) is 0 Å². The Labute approximate surface area is 226 Å². The van der Waals surface area contributed by atoms with Crippen LogP contribution in [0.3, 0.4) is 0 Å². The lowest BCUT2D eigenvalue weighted by atomic mass is 9.43. The maximum Gasteiger partial charge on any atom is 0.132 e. The molecule has 37 heavy (non-hydrogen) atoms. The van der Waals surface area contributed by atoms with Crippen LogP contribution in [0.5, 0.6) is 0 Å². The van der Waals surface area contributed by atoms with Crippen LogP contribution in [-0.2, 0) is 9.68 Å². The summed E-state index contributed by atoms with van der Waals surface area (Å²) in [7, 11) is 8.31. The fraction of sp³-hybridized carbons (Fsp3) is 0.933. The van der Waals surface area contributed by atoms with Gasteiger partial charge in [-0.25, -0.2) is 0 Å². The van der Waals surface area contributed by atoms with Gasteiger partial charge in [0, 0.05) is 30.1 Å². The Morgan fingerprint density at radius 2 is 1.81 bits per heavy atom. The lowest BCUT2D eigenvalue weighted by Gasteiger charge is -2.63. The van der Waals surface area contributed by atoms with Crippen LogP contribution in [0.4, 0.5) is 0 Å². The molecule has 4 aliphatic carbocycles. The normalized spacial score (nSPS) is 41.6. The molecule has 0 heterocycles. The Kier molecular flexibility index (Phi) is 8.97. The zero-order chi connectivity index (χ0) is 26.8. The van der Waals surface area contributed by atoms with E-state index < -0.39 is 5.60 Å². The van der Waals surface area contributed by atoms with Crippen LogP contribution in [0.25, 0.3) is 0 Å². The summed E-state index contributed by atoms with van der Waals surface area (Å²) in [5.41, 5.74) is 0.841. The zero-order valence-corrected chi connectivity index (χ0v) is 24.7. The van der Waals surface area contributed by atoms with E-state index >= 15 is 0 Å². The third-order valence-electron chi connectivity index (χ3n) is 11.3. The summed E-state index contributed by atoms with van der Waals surface area (Å²) < 4.78 is 0. The summed E-state index contributed by atoms with van der Waals surface area (Å²) in [6.07, 6.45) is 12.8. The molecule has 8 atom stereocenters. The molecule has 4 fully saturated rings. The van der Waals surface area contributed by atoms with Crippen LogP contribution in [0.15, 0.2) is 10.3 Å².